The van der Waals surface area contributed by atoms with E-state index in [1.165, 1.54) is 0 Å². The van der Waals surface area contributed by atoms with Gasteiger partial charge in [-0.15, -0.1) is 0 Å². The van der Waals surface area contributed by atoms with Crippen LogP contribution in [0.1, 0.15) is 43.5 Å². The summed E-state index contributed by atoms with van der Waals surface area (Å²) in [7, 11) is 0. The summed E-state index contributed by atoms with van der Waals surface area (Å²) in [5.74, 6) is 0.165. The molecule has 1 aromatic rings. The van der Waals surface area contributed by atoms with Gasteiger partial charge in [-0.2, -0.15) is 0 Å². The maximum atomic E-state index is 12.6. The van der Waals surface area contributed by atoms with Crippen molar-refractivity contribution in [3.8, 4) is 5.75 Å². The van der Waals surface area contributed by atoms with Crippen molar-refractivity contribution in [3.05, 3.63) is 42.0 Å². The molecule has 7 nitrogen and oxygen atoms in total. The molecule has 2 rings (SSSR count). The standard InChI is InChI=1S/C20H26N2O5/c1-3-5-6-18(23)21-16-11-13-22(14-12-16)19(24)15-7-9-17(10-8-15)27-20(25)26-4-2/h5-10,16H,3-4,11-14H2,1-2H3,(H,21,23)/b6-5+. The van der Waals surface area contributed by atoms with Crippen molar-refractivity contribution in [2.24, 2.45) is 0 Å². The Bertz CT molecular complexity index is 676. The van der Waals surface area contributed by atoms with Crippen LogP contribution in [-0.2, 0) is 9.53 Å². The zero-order valence-corrected chi connectivity index (χ0v) is 15.8. The third-order valence-electron chi connectivity index (χ3n) is 4.20. The SMILES string of the molecule is CC/C=C/C(=O)NC1CCN(C(=O)c2ccc(OC(=O)OCC)cc2)CC1. The number of benzene rings is 1. The molecule has 1 heterocycles. The van der Waals surface area contributed by atoms with Gasteiger partial charge in [-0.3, -0.25) is 9.59 Å². The van der Waals surface area contributed by atoms with Gasteiger partial charge in [-0.05, 0) is 56.5 Å². The first-order valence-electron chi connectivity index (χ1n) is 9.24. The number of hydrogen-bond donors (Lipinski definition) is 1. The van der Waals surface area contributed by atoms with E-state index in [2.05, 4.69) is 5.32 Å². The van der Waals surface area contributed by atoms with Gasteiger partial charge in [0.05, 0.1) is 6.61 Å². The van der Waals surface area contributed by atoms with Gasteiger partial charge in [0.15, 0.2) is 0 Å². The van der Waals surface area contributed by atoms with Crippen molar-refractivity contribution in [2.75, 3.05) is 19.7 Å². The Labute approximate surface area is 159 Å². The van der Waals surface area contributed by atoms with Crippen LogP contribution in [0.4, 0.5) is 4.79 Å². The van der Waals surface area contributed by atoms with Crippen molar-refractivity contribution in [1.82, 2.24) is 10.2 Å². The minimum Gasteiger partial charge on any atom is -0.434 e. The van der Waals surface area contributed by atoms with Gasteiger partial charge in [0, 0.05) is 24.7 Å². The van der Waals surface area contributed by atoms with Crippen molar-refractivity contribution in [3.63, 3.8) is 0 Å². The molecule has 7 heteroatoms. The van der Waals surface area contributed by atoms with Crippen molar-refractivity contribution in [1.29, 1.82) is 0 Å². The van der Waals surface area contributed by atoms with Crippen molar-refractivity contribution < 1.29 is 23.9 Å². The highest BCUT2D eigenvalue weighted by Gasteiger charge is 2.24. The normalized spacial score (nSPS) is 14.8. The molecule has 1 N–H and O–H groups in total. The van der Waals surface area contributed by atoms with E-state index in [9.17, 15) is 14.4 Å². The van der Waals surface area contributed by atoms with E-state index in [-0.39, 0.29) is 24.5 Å². The van der Waals surface area contributed by atoms with E-state index < -0.39 is 6.16 Å². The quantitative estimate of drug-likeness (QED) is 0.470. The average molecular weight is 374 g/mol. The predicted octanol–water partition coefficient (Wildman–Crippen LogP) is 2.91. The first-order chi connectivity index (χ1) is 13.0. The summed E-state index contributed by atoms with van der Waals surface area (Å²) in [6.45, 7) is 5.08. The molecule has 1 saturated heterocycles. The predicted molar refractivity (Wildman–Crippen MR) is 101 cm³/mol. The number of carbonyl (C=O) groups excluding carboxylic acids is 3. The molecule has 1 aliphatic rings. The zero-order chi connectivity index (χ0) is 19.6. The van der Waals surface area contributed by atoms with E-state index in [0.29, 0.717) is 24.4 Å². The average Bonchev–Trinajstić information content (AvgIpc) is 2.67. The Balaban J connectivity index is 1.84. The summed E-state index contributed by atoms with van der Waals surface area (Å²) < 4.78 is 9.69. The van der Waals surface area contributed by atoms with Gasteiger partial charge in [0.25, 0.3) is 5.91 Å². The van der Waals surface area contributed by atoms with E-state index in [4.69, 9.17) is 9.47 Å². The minimum atomic E-state index is -0.769. The molecule has 2 amide bonds. The van der Waals surface area contributed by atoms with Crippen LogP contribution in [0.2, 0.25) is 0 Å². The molecule has 1 aliphatic heterocycles. The molecule has 0 unspecified atom stereocenters. The lowest BCUT2D eigenvalue weighted by molar-refractivity contribution is -0.117. The summed E-state index contributed by atoms with van der Waals surface area (Å²) in [5, 5.41) is 2.96. The molecule has 0 bridgehead atoms. The second-order valence-corrected chi connectivity index (χ2v) is 6.20. The third-order valence-corrected chi connectivity index (χ3v) is 4.20. The fraction of sp³-hybridized carbons (Fsp3) is 0.450. The van der Waals surface area contributed by atoms with Gasteiger partial charge >= 0.3 is 6.16 Å². The van der Waals surface area contributed by atoms with Gasteiger partial charge in [0.2, 0.25) is 5.91 Å². The maximum absolute atomic E-state index is 12.6. The van der Waals surface area contributed by atoms with Crippen LogP contribution in [0.25, 0.3) is 0 Å². The monoisotopic (exact) mass is 374 g/mol. The summed E-state index contributed by atoms with van der Waals surface area (Å²) >= 11 is 0. The fourth-order valence-corrected chi connectivity index (χ4v) is 2.79. The minimum absolute atomic E-state index is 0.0756. The fourth-order valence-electron chi connectivity index (χ4n) is 2.79. The number of carbonyl (C=O) groups is 3. The molecule has 1 fully saturated rings. The number of rotatable bonds is 6. The Kier molecular flexibility index (Phi) is 7.85. The molecule has 0 aliphatic carbocycles. The van der Waals surface area contributed by atoms with Crippen LogP contribution in [0, 0.1) is 0 Å². The van der Waals surface area contributed by atoms with Crippen LogP contribution in [0.5, 0.6) is 5.75 Å². The van der Waals surface area contributed by atoms with Crippen LogP contribution in [-0.4, -0.2) is 48.6 Å². The molecular formula is C20H26N2O5. The van der Waals surface area contributed by atoms with Gasteiger partial charge in [0.1, 0.15) is 5.75 Å². The van der Waals surface area contributed by atoms with Crippen LogP contribution >= 0.6 is 0 Å². The molecule has 0 radical (unpaired) electrons. The van der Waals surface area contributed by atoms with Crippen LogP contribution in [0.15, 0.2) is 36.4 Å². The second kappa shape index (κ2) is 10.4. The van der Waals surface area contributed by atoms with Gasteiger partial charge < -0.3 is 19.7 Å². The summed E-state index contributed by atoms with van der Waals surface area (Å²) in [5.41, 5.74) is 0.527. The van der Waals surface area contributed by atoms with Gasteiger partial charge in [-0.25, -0.2) is 4.79 Å². The first-order valence-corrected chi connectivity index (χ1v) is 9.24. The number of allylic oxidation sites excluding steroid dienone is 1. The lowest BCUT2D eigenvalue weighted by atomic mass is 10.0. The number of nitrogens with zero attached hydrogens (tertiary/aromatic N) is 1. The van der Waals surface area contributed by atoms with E-state index >= 15 is 0 Å². The Hall–Kier alpha value is -2.83. The Morgan fingerprint density at radius 3 is 2.41 bits per heavy atom. The van der Waals surface area contributed by atoms with Crippen LogP contribution in [0.3, 0.4) is 0 Å². The van der Waals surface area contributed by atoms with Crippen LogP contribution < -0.4 is 10.1 Å². The number of piperidine rings is 1. The highest BCUT2D eigenvalue weighted by atomic mass is 16.7. The zero-order valence-electron chi connectivity index (χ0n) is 15.8. The number of amides is 2. The van der Waals surface area contributed by atoms with E-state index in [1.54, 1.807) is 42.2 Å². The molecule has 146 valence electrons. The summed E-state index contributed by atoms with van der Waals surface area (Å²) in [4.78, 5) is 37.4. The molecule has 0 spiro atoms. The number of likely N-dealkylation sites (tertiary alicyclic amines) is 1. The Morgan fingerprint density at radius 1 is 1.15 bits per heavy atom. The number of nitrogens with one attached hydrogen (secondary N) is 1. The summed E-state index contributed by atoms with van der Waals surface area (Å²) in [6.07, 6.45) is 4.88. The smallest absolute Gasteiger partial charge is 0.434 e. The largest absolute Gasteiger partial charge is 0.513 e. The molecule has 0 saturated carbocycles. The van der Waals surface area contributed by atoms with E-state index in [1.807, 2.05) is 13.0 Å². The highest BCUT2D eigenvalue weighted by molar-refractivity contribution is 5.94. The number of ether oxygens (including phenoxy) is 2. The highest BCUT2D eigenvalue weighted by Crippen LogP contribution is 2.17. The maximum Gasteiger partial charge on any atom is 0.513 e. The topological polar surface area (TPSA) is 84.9 Å². The van der Waals surface area contributed by atoms with Crippen molar-refractivity contribution >= 4 is 18.0 Å². The molecule has 0 atom stereocenters. The van der Waals surface area contributed by atoms with Crippen molar-refractivity contribution in [2.45, 2.75) is 39.2 Å². The first kappa shape index (κ1) is 20.5. The third kappa shape index (κ3) is 6.44. The molecular weight excluding hydrogens is 348 g/mol. The number of hydrogen-bond acceptors (Lipinski definition) is 5. The van der Waals surface area contributed by atoms with Gasteiger partial charge in [-0.1, -0.05) is 13.0 Å². The lowest BCUT2D eigenvalue weighted by Gasteiger charge is -2.32. The van der Waals surface area contributed by atoms with E-state index in [0.717, 1.165) is 19.3 Å². The second-order valence-electron chi connectivity index (χ2n) is 6.20. The molecule has 27 heavy (non-hydrogen) atoms. The molecule has 1 aromatic carbocycles. The molecule has 0 aromatic heterocycles. The Morgan fingerprint density at radius 2 is 1.81 bits per heavy atom. The summed E-state index contributed by atoms with van der Waals surface area (Å²) in [6, 6.07) is 6.47. The lowest BCUT2D eigenvalue weighted by Crippen LogP contribution is -2.46.